The maximum absolute atomic E-state index is 16.7. The van der Waals surface area contributed by atoms with E-state index in [2.05, 4.69) is 30.3 Å². The lowest BCUT2D eigenvalue weighted by Crippen LogP contribution is -2.43. The molecule has 12 heteroatoms. The SMILES string of the molecule is C#Cc1c(F)ccc2[nH]c(=O)cc(-c3ncc4c(-c5ccc6n5CCOC6)nc(OC[C@@]56CCCN5C[C@H](F)C6)nc4c3F)c12. The van der Waals surface area contributed by atoms with Crippen molar-refractivity contribution in [2.45, 2.75) is 44.1 Å². The van der Waals surface area contributed by atoms with Crippen LogP contribution in [0, 0.1) is 24.0 Å². The minimum Gasteiger partial charge on any atom is -0.461 e. The number of alkyl halides is 1. The maximum Gasteiger partial charge on any atom is 0.317 e. The van der Waals surface area contributed by atoms with E-state index in [-0.39, 0.29) is 45.9 Å². The first-order chi connectivity index (χ1) is 21.8. The highest BCUT2D eigenvalue weighted by atomic mass is 19.1. The van der Waals surface area contributed by atoms with Gasteiger partial charge in [0.1, 0.15) is 35.5 Å². The van der Waals surface area contributed by atoms with Crippen LogP contribution in [0.2, 0.25) is 0 Å². The third-order valence-corrected chi connectivity index (χ3v) is 9.27. The molecule has 1 aromatic carbocycles. The van der Waals surface area contributed by atoms with Crippen molar-refractivity contribution < 1.29 is 22.6 Å². The van der Waals surface area contributed by atoms with Gasteiger partial charge in [0.2, 0.25) is 5.56 Å². The molecule has 5 aromatic rings. The Morgan fingerprint density at radius 2 is 2.07 bits per heavy atom. The van der Waals surface area contributed by atoms with Gasteiger partial charge in [0.25, 0.3) is 0 Å². The number of nitrogens with one attached hydrogen (secondary N) is 1. The van der Waals surface area contributed by atoms with Gasteiger partial charge >= 0.3 is 6.01 Å². The summed E-state index contributed by atoms with van der Waals surface area (Å²) in [4.78, 5) is 31.0. The lowest BCUT2D eigenvalue weighted by molar-refractivity contribution is 0.0855. The lowest BCUT2D eigenvalue weighted by atomic mass is 9.95. The van der Waals surface area contributed by atoms with Crippen molar-refractivity contribution in [2.75, 3.05) is 26.3 Å². The number of benzene rings is 1. The van der Waals surface area contributed by atoms with Crippen molar-refractivity contribution in [1.29, 1.82) is 0 Å². The Labute approximate surface area is 255 Å². The Morgan fingerprint density at radius 3 is 2.93 bits per heavy atom. The summed E-state index contributed by atoms with van der Waals surface area (Å²) in [5, 5.41) is 0.468. The van der Waals surface area contributed by atoms with Crippen LogP contribution >= 0.6 is 0 Å². The normalized spacial score (nSPS) is 21.2. The largest absolute Gasteiger partial charge is 0.461 e. The quantitative estimate of drug-likeness (QED) is 0.286. The van der Waals surface area contributed by atoms with Crippen molar-refractivity contribution in [3.8, 4) is 41.0 Å². The predicted molar refractivity (Wildman–Crippen MR) is 160 cm³/mol. The molecule has 2 fully saturated rings. The van der Waals surface area contributed by atoms with Gasteiger partial charge in [-0.05, 0) is 43.7 Å². The molecule has 0 unspecified atom stereocenters. The average molecular weight is 613 g/mol. The van der Waals surface area contributed by atoms with E-state index in [0.29, 0.717) is 49.5 Å². The molecule has 0 spiro atoms. The summed E-state index contributed by atoms with van der Waals surface area (Å²) in [6.07, 6.45) is 8.21. The fraction of sp³-hybridized carbons (Fsp3) is 0.333. The van der Waals surface area contributed by atoms with Gasteiger partial charge in [0.05, 0.1) is 35.5 Å². The topological polar surface area (TPSA) is 98.2 Å². The highest BCUT2D eigenvalue weighted by molar-refractivity contribution is 6.00. The summed E-state index contributed by atoms with van der Waals surface area (Å²) in [5.74, 6) is 0.780. The van der Waals surface area contributed by atoms with Crippen LogP contribution in [0.5, 0.6) is 6.01 Å². The number of nitrogens with zero attached hydrogens (tertiary/aromatic N) is 5. The second kappa shape index (κ2) is 10.4. The number of terminal acetylenes is 1. The fourth-order valence-corrected chi connectivity index (χ4v) is 7.23. The third-order valence-electron chi connectivity index (χ3n) is 9.27. The molecule has 0 amide bonds. The Kier molecular flexibility index (Phi) is 6.44. The molecule has 0 saturated carbocycles. The molecule has 0 aliphatic carbocycles. The van der Waals surface area contributed by atoms with E-state index in [1.807, 2.05) is 12.1 Å². The number of fused-ring (bicyclic) bond motifs is 4. The zero-order chi connectivity index (χ0) is 30.9. The van der Waals surface area contributed by atoms with Crippen LogP contribution in [0.3, 0.4) is 0 Å². The number of rotatable bonds is 5. The van der Waals surface area contributed by atoms with Gasteiger partial charge in [-0.25, -0.2) is 13.2 Å². The molecule has 228 valence electrons. The van der Waals surface area contributed by atoms with Crippen LogP contribution in [-0.4, -0.2) is 67.4 Å². The molecule has 45 heavy (non-hydrogen) atoms. The number of hydrogen-bond acceptors (Lipinski definition) is 7. The van der Waals surface area contributed by atoms with Crippen molar-refractivity contribution in [1.82, 2.24) is 29.4 Å². The van der Waals surface area contributed by atoms with E-state index < -0.39 is 28.9 Å². The van der Waals surface area contributed by atoms with Gasteiger partial charge < -0.3 is 19.0 Å². The van der Waals surface area contributed by atoms with Crippen LogP contribution in [0.1, 0.15) is 30.5 Å². The molecular weight excluding hydrogens is 585 g/mol. The average Bonchev–Trinajstić information content (AvgIpc) is 3.72. The zero-order valence-electron chi connectivity index (χ0n) is 24.1. The summed E-state index contributed by atoms with van der Waals surface area (Å²) >= 11 is 0. The Balaban J connectivity index is 1.32. The molecule has 9 nitrogen and oxygen atoms in total. The zero-order valence-corrected chi connectivity index (χ0v) is 24.1. The second-order valence-corrected chi connectivity index (χ2v) is 11.9. The van der Waals surface area contributed by atoms with Crippen molar-refractivity contribution in [3.05, 3.63) is 69.8 Å². The summed E-state index contributed by atoms with van der Waals surface area (Å²) in [6, 6.07) is 7.41. The standard InChI is InChI=1S/C33H27F3N6O3/c1-2-20-23(35)5-6-24-27(20)21(12-26(43)38-24)30-28(36)31-22(14-37-30)29(25-7-4-19-16-44-11-10-42(19)25)39-32(40-31)45-17-33-8-3-9-41(33)15-18(34)13-33/h1,4-7,12,14,18H,3,8-11,13,15-17H2,(H,38,43)/t18-,33+/m1/s1. The summed E-state index contributed by atoms with van der Waals surface area (Å²) in [6.45, 7) is 2.81. The van der Waals surface area contributed by atoms with Crippen molar-refractivity contribution in [3.63, 3.8) is 0 Å². The van der Waals surface area contributed by atoms with Crippen LogP contribution < -0.4 is 10.3 Å². The van der Waals surface area contributed by atoms with Gasteiger partial charge in [-0.2, -0.15) is 9.97 Å². The molecule has 0 radical (unpaired) electrons. The van der Waals surface area contributed by atoms with Gasteiger partial charge in [-0.15, -0.1) is 6.42 Å². The van der Waals surface area contributed by atoms with E-state index in [1.54, 1.807) is 0 Å². The number of ether oxygens (including phenoxy) is 2. The van der Waals surface area contributed by atoms with Crippen LogP contribution in [0.4, 0.5) is 13.2 Å². The Bertz CT molecular complexity index is 2120. The third kappa shape index (κ3) is 4.41. The molecule has 3 aliphatic rings. The lowest BCUT2D eigenvalue weighted by Gasteiger charge is -2.30. The molecule has 2 saturated heterocycles. The first kappa shape index (κ1) is 27.8. The second-order valence-electron chi connectivity index (χ2n) is 11.9. The molecule has 4 aromatic heterocycles. The molecule has 2 atom stereocenters. The monoisotopic (exact) mass is 612 g/mol. The van der Waals surface area contributed by atoms with E-state index in [9.17, 15) is 13.6 Å². The number of halogens is 3. The fourth-order valence-electron chi connectivity index (χ4n) is 7.23. The summed E-state index contributed by atoms with van der Waals surface area (Å²) in [5.41, 5.74) is 0.880. The number of pyridine rings is 2. The summed E-state index contributed by atoms with van der Waals surface area (Å²) in [7, 11) is 0. The minimum absolute atomic E-state index is 0.0286. The van der Waals surface area contributed by atoms with Crippen LogP contribution in [0.25, 0.3) is 44.5 Å². The van der Waals surface area contributed by atoms with Gasteiger partial charge in [0, 0.05) is 53.8 Å². The number of aromatic amines is 1. The molecule has 1 N–H and O–H groups in total. The predicted octanol–water partition coefficient (Wildman–Crippen LogP) is 4.75. The summed E-state index contributed by atoms with van der Waals surface area (Å²) < 4.78 is 59.8. The molecule has 3 aliphatic heterocycles. The number of H-pyrrole nitrogens is 1. The van der Waals surface area contributed by atoms with Gasteiger partial charge in [0.15, 0.2) is 5.82 Å². The molecule has 0 bridgehead atoms. The Hall–Kier alpha value is -4.73. The van der Waals surface area contributed by atoms with Crippen molar-refractivity contribution in [2.24, 2.45) is 0 Å². The molecule has 7 heterocycles. The van der Waals surface area contributed by atoms with Crippen LogP contribution in [-0.2, 0) is 17.9 Å². The highest BCUT2D eigenvalue weighted by Crippen LogP contribution is 2.41. The first-order valence-electron chi connectivity index (χ1n) is 14.8. The number of hydrogen-bond donors (Lipinski definition) is 1. The molecular formula is C33H27F3N6O3. The van der Waals surface area contributed by atoms with Gasteiger partial charge in [-0.3, -0.25) is 14.7 Å². The first-order valence-corrected chi connectivity index (χ1v) is 14.8. The van der Waals surface area contributed by atoms with E-state index in [1.165, 1.54) is 12.3 Å². The highest BCUT2D eigenvalue weighted by Gasteiger charge is 2.49. The van der Waals surface area contributed by atoms with Crippen LogP contribution in [0.15, 0.2) is 41.3 Å². The van der Waals surface area contributed by atoms with E-state index >= 15 is 4.39 Å². The van der Waals surface area contributed by atoms with Crippen molar-refractivity contribution >= 4 is 21.8 Å². The minimum atomic E-state index is -0.941. The Morgan fingerprint density at radius 1 is 1.18 bits per heavy atom. The smallest absolute Gasteiger partial charge is 0.317 e. The molecule has 8 rings (SSSR count). The maximum atomic E-state index is 16.7. The van der Waals surface area contributed by atoms with E-state index in [0.717, 1.165) is 37.2 Å². The van der Waals surface area contributed by atoms with E-state index in [4.69, 9.17) is 20.9 Å². The number of aromatic nitrogens is 5. The van der Waals surface area contributed by atoms with Gasteiger partial charge in [-0.1, -0.05) is 5.92 Å².